The Labute approximate surface area is 176 Å². The predicted molar refractivity (Wildman–Crippen MR) is 116 cm³/mol. The van der Waals surface area contributed by atoms with Gasteiger partial charge in [0.05, 0.1) is 4.90 Å². The standard InChI is InChI=1S/C21H26ClN3O3S/c1-14(2)3-8-21(26)25-24-13-29(27,28)20-7-5-17(22)12-18(20)15-4-6-19-16(11-15)9-10-23-19/h4-7,11-12,14,23-24H,3,8-10,13H2,1-2H3,(H,25,26). The fourth-order valence-corrected chi connectivity index (χ4v) is 4.64. The van der Waals surface area contributed by atoms with E-state index in [4.69, 9.17) is 11.6 Å². The zero-order valence-corrected chi connectivity index (χ0v) is 18.2. The van der Waals surface area contributed by atoms with Crippen molar-refractivity contribution in [2.75, 3.05) is 17.7 Å². The van der Waals surface area contributed by atoms with Crippen molar-refractivity contribution in [1.29, 1.82) is 0 Å². The number of carbonyl (C=O) groups excluding carboxylic acids is 1. The molecule has 1 heterocycles. The van der Waals surface area contributed by atoms with Gasteiger partial charge in [-0.15, -0.1) is 0 Å². The summed E-state index contributed by atoms with van der Waals surface area (Å²) in [5.41, 5.74) is 8.60. The molecule has 0 saturated carbocycles. The number of hydrogen-bond acceptors (Lipinski definition) is 5. The summed E-state index contributed by atoms with van der Waals surface area (Å²) < 4.78 is 25.9. The number of halogens is 1. The molecule has 8 heteroatoms. The molecule has 3 N–H and O–H groups in total. The smallest absolute Gasteiger partial charge is 0.234 e. The largest absolute Gasteiger partial charge is 0.384 e. The molecule has 0 fully saturated rings. The van der Waals surface area contributed by atoms with Gasteiger partial charge < -0.3 is 5.32 Å². The van der Waals surface area contributed by atoms with Crippen molar-refractivity contribution >= 4 is 33.0 Å². The maximum absolute atomic E-state index is 12.9. The number of amides is 1. The van der Waals surface area contributed by atoms with Crippen LogP contribution in [0.2, 0.25) is 5.02 Å². The monoisotopic (exact) mass is 435 g/mol. The van der Waals surface area contributed by atoms with Gasteiger partial charge in [-0.25, -0.2) is 13.8 Å². The molecule has 1 aliphatic rings. The van der Waals surface area contributed by atoms with Crippen LogP contribution in [0.15, 0.2) is 41.3 Å². The minimum absolute atomic E-state index is 0.178. The fourth-order valence-electron chi connectivity index (χ4n) is 3.26. The maximum Gasteiger partial charge on any atom is 0.234 e. The van der Waals surface area contributed by atoms with E-state index in [-0.39, 0.29) is 10.8 Å². The Kier molecular flexibility index (Phi) is 6.82. The second-order valence-electron chi connectivity index (χ2n) is 7.61. The summed E-state index contributed by atoms with van der Waals surface area (Å²) >= 11 is 6.16. The number of hydrazine groups is 1. The molecule has 0 unspecified atom stereocenters. The third-order valence-electron chi connectivity index (χ3n) is 4.84. The van der Waals surface area contributed by atoms with Crippen molar-refractivity contribution in [2.24, 2.45) is 5.92 Å². The topological polar surface area (TPSA) is 87.3 Å². The lowest BCUT2D eigenvalue weighted by Gasteiger charge is -2.14. The van der Waals surface area contributed by atoms with Crippen LogP contribution in [0.1, 0.15) is 32.3 Å². The molecule has 2 aromatic rings. The third kappa shape index (κ3) is 5.50. The van der Waals surface area contributed by atoms with Crippen molar-refractivity contribution in [1.82, 2.24) is 10.9 Å². The first kappa shape index (κ1) is 21.6. The van der Waals surface area contributed by atoms with Crippen LogP contribution in [0.4, 0.5) is 5.69 Å². The minimum Gasteiger partial charge on any atom is -0.384 e. The van der Waals surface area contributed by atoms with E-state index in [0.29, 0.717) is 22.9 Å². The Balaban J connectivity index is 1.78. The van der Waals surface area contributed by atoms with E-state index in [1.54, 1.807) is 12.1 Å². The highest BCUT2D eigenvalue weighted by atomic mass is 35.5. The molecule has 0 aromatic heterocycles. The van der Waals surface area contributed by atoms with Crippen LogP contribution in [-0.4, -0.2) is 26.7 Å². The zero-order valence-electron chi connectivity index (χ0n) is 16.6. The van der Waals surface area contributed by atoms with Crippen molar-refractivity contribution in [3.05, 3.63) is 47.0 Å². The van der Waals surface area contributed by atoms with Gasteiger partial charge in [-0.2, -0.15) is 0 Å². The van der Waals surface area contributed by atoms with Gasteiger partial charge in [0.1, 0.15) is 5.88 Å². The molecular weight excluding hydrogens is 410 g/mol. The van der Waals surface area contributed by atoms with E-state index in [0.717, 1.165) is 36.2 Å². The van der Waals surface area contributed by atoms with Crippen molar-refractivity contribution in [2.45, 2.75) is 38.0 Å². The van der Waals surface area contributed by atoms with Crippen LogP contribution >= 0.6 is 11.6 Å². The maximum atomic E-state index is 12.9. The number of anilines is 1. The van der Waals surface area contributed by atoms with Crippen LogP contribution in [0.5, 0.6) is 0 Å². The van der Waals surface area contributed by atoms with Gasteiger partial charge in [-0.1, -0.05) is 31.5 Å². The lowest BCUT2D eigenvalue weighted by molar-refractivity contribution is -0.122. The van der Waals surface area contributed by atoms with Crippen LogP contribution in [0.3, 0.4) is 0 Å². The van der Waals surface area contributed by atoms with Crippen molar-refractivity contribution < 1.29 is 13.2 Å². The number of sulfone groups is 1. The van der Waals surface area contributed by atoms with Crippen molar-refractivity contribution in [3.8, 4) is 11.1 Å². The summed E-state index contributed by atoms with van der Waals surface area (Å²) in [5, 5.41) is 3.76. The van der Waals surface area contributed by atoms with Crippen LogP contribution in [-0.2, 0) is 21.1 Å². The summed E-state index contributed by atoms with van der Waals surface area (Å²) in [4.78, 5) is 12.0. The van der Waals surface area contributed by atoms with E-state index >= 15 is 0 Å². The number of benzene rings is 2. The quantitative estimate of drug-likeness (QED) is 0.549. The van der Waals surface area contributed by atoms with E-state index < -0.39 is 15.7 Å². The summed E-state index contributed by atoms with van der Waals surface area (Å²) in [7, 11) is -3.70. The van der Waals surface area contributed by atoms with Gasteiger partial charge in [0.2, 0.25) is 5.91 Å². The second kappa shape index (κ2) is 9.15. The Morgan fingerprint density at radius 2 is 2.00 bits per heavy atom. The van der Waals surface area contributed by atoms with Crippen LogP contribution < -0.4 is 16.2 Å². The summed E-state index contributed by atoms with van der Waals surface area (Å²) in [6.45, 7) is 4.93. The first-order valence-corrected chi connectivity index (χ1v) is 11.7. The highest BCUT2D eigenvalue weighted by Crippen LogP contribution is 2.34. The predicted octanol–water partition coefficient (Wildman–Crippen LogP) is 3.76. The summed E-state index contributed by atoms with van der Waals surface area (Å²) in [5.74, 6) is -0.221. The number of nitrogens with one attached hydrogen (secondary N) is 3. The second-order valence-corrected chi connectivity index (χ2v) is 10.0. The van der Waals surface area contributed by atoms with Crippen LogP contribution in [0, 0.1) is 5.92 Å². The number of rotatable bonds is 8. The Morgan fingerprint density at radius 1 is 1.21 bits per heavy atom. The number of fused-ring (bicyclic) bond motifs is 1. The van der Waals surface area contributed by atoms with Gasteiger partial charge >= 0.3 is 0 Å². The third-order valence-corrected chi connectivity index (χ3v) is 6.63. The Hall–Kier alpha value is -2.09. The van der Waals surface area contributed by atoms with Gasteiger partial charge in [0.25, 0.3) is 0 Å². The van der Waals surface area contributed by atoms with Gasteiger partial charge in [-0.05, 0) is 60.2 Å². The van der Waals surface area contributed by atoms with Gasteiger partial charge in [0.15, 0.2) is 9.84 Å². The molecule has 1 amide bonds. The molecule has 6 nitrogen and oxygen atoms in total. The molecule has 0 spiro atoms. The Bertz CT molecular complexity index is 1010. The molecule has 1 aliphatic heterocycles. The van der Waals surface area contributed by atoms with Gasteiger partial charge in [-0.3, -0.25) is 10.2 Å². The number of carbonyl (C=O) groups is 1. The normalized spacial score (nSPS) is 13.2. The first-order valence-electron chi connectivity index (χ1n) is 9.67. The van der Waals surface area contributed by atoms with Gasteiger partial charge in [0, 0.05) is 29.2 Å². The average molecular weight is 436 g/mol. The van der Waals surface area contributed by atoms with E-state index in [2.05, 4.69) is 16.2 Å². The minimum atomic E-state index is -3.70. The molecule has 156 valence electrons. The molecule has 0 atom stereocenters. The van der Waals surface area contributed by atoms with E-state index in [1.807, 2.05) is 32.0 Å². The lowest BCUT2D eigenvalue weighted by Crippen LogP contribution is -2.40. The first-order chi connectivity index (χ1) is 13.8. The van der Waals surface area contributed by atoms with Crippen LogP contribution in [0.25, 0.3) is 11.1 Å². The molecule has 0 saturated heterocycles. The molecular formula is C21H26ClN3O3S. The highest BCUT2D eigenvalue weighted by molar-refractivity contribution is 7.91. The number of hydrogen-bond donors (Lipinski definition) is 3. The lowest BCUT2D eigenvalue weighted by atomic mass is 10.0. The molecule has 2 aromatic carbocycles. The SMILES string of the molecule is CC(C)CCC(=O)NNCS(=O)(=O)c1ccc(Cl)cc1-c1ccc2c(c1)CCN2. The molecule has 0 bridgehead atoms. The molecule has 0 radical (unpaired) electrons. The zero-order chi connectivity index (χ0) is 21.0. The molecule has 0 aliphatic carbocycles. The fraction of sp³-hybridized carbons (Fsp3) is 0.381. The van der Waals surface area contributed by atoms with Crippen molar-refractivity contribution in [3.63, 3.8) is 0 Å². The van der Waals surface area contributed by atoms with E-state index in [1.165, 1.54) is 6.07 Å². The summed E-state index contributed by atoms with van der Waals surface area (Å²) in [6, 6.07) is 10.6. The Morgan fingerprint density at radius 3 is 2.76 bits per heavy atom. The van der Waals surface area contributed by atoms with E-state index in [9.17, 15) is 13.2 Å². The molecule has 3 rings (SSSR count). The average Bonchev–Trinajstić information content (AvgIpc) is 3.13. The summed E-state index contributed by atoms with van der Waals surface area (Å²) in [6.07, 6.45) is 1.99. The highest BCUT2D eigenvalue weighted by Gasteiger charge is 2.21. The molecule has 29 heavy (non-hydrogen) atoms.